The number of para-hydroxylation sites is 1. The molecule has 0 atom stereocenters. The normalized spacial score (nSPS) is 10.4. The first-order valence-electron chi connectivity index (χ1n) is 8.55. The number of likely N-dealkylation sites (N-methyl/N-ethyl adjacent to an activating group) is 1. The molecule has 0 radical (unpaired) electrons. The number of carbonyl (C=O) groups is 2. The van der Waals surface area contributed by atoms with E-state index in [2.05, 4.69) is 15.0 Å². The first kappa shape index (κ1) is 19.1. The number of H-pyrrole nitrogens is 1. The standard InChI is InChI=1S/C12H14N2O2.C7H6N4O/c1-14(6-7-15)12(16)11-8-9-4-2-3-5-10(9)13-11;12-7(10-3-1-8-5-10)11-4-2-9-6-11/h2-5,8,13,15H,6-7H2,1H3;1-6H. The molecule has 0 bridgehead atoms. The Hall–Kier alpha value is -3.72. The van der Waals surface area contributed by atoms with Crippen LogP contribution in [0.25, 0.3) is 10.9 Å². The molecule has 4 rings (SSSR count). The van der Waals surface area contributed by atoms with Crippen molar-refractivity contribution in [2.24, 2.45) is 0 Å². The van der Waals surface area contributed by atoms with Crippen LogP contribution in [0.15, 0.2) is 67.8 Å². The van der Waals surface area contributed by atoms with Gasteiger partial charge in [0.2, 0.25) is 0 Å². The van der Waals surface area contributed by atoms with E-state index >= 15 is 0 Å². The van der Waals surface area contributed by atoms with Crippen molar-refractivity contribution in [2.45, 2.75) is 0 Å². The van der Waals surface area contributed by atoms with Gasteiger partial charge < -0.3 is 15.0 Å². The molecule has 1 amide bonds. The molecule has 0 aliphatic carbocycles. The van der Waals surface area contributed by atoms with Gasteiger partial charge >= 0.3 is 6.03 Å². The van der Waals surface area contributed by atoms with E-state index in [1.807, 2.05) is 30.3 Å². The molecule has 0 saturated heterocycles. The zero-order valence-corrected chi connectivity index (χ0v) is 15.3. The lowest BCUT2D eigenvalue weighted by atomic mass is 10.2. The van der Waals surface area contributed by atoms with Crippen LogP contribution in [0, 0.1) is 0 Å². The van der Waals surface area contributed by atoms with E-state index in [0.29, 0.717) is 12.2 Å². The van der Waals surface area contributed by atoms with Crippen molar-refractivity contribution in [2.75, 3.05) is 20.2 Å². The zero-order valence-electron chi connectivity index (χ0n) is 15.3. The monoisotopic (exact) mass is 380 g/mol. The Balaban J connectivity index is 0.000000167. The molecular formula is C19H20N6O3. The fourth-order valence-electron chi connectivity index (χ4n) is 2.52. The third-order valence-corrected chi connectivity index (χ3v) is 3.99. The largest absolute Gasteiger partial charge is 0.395 e. The average Bonchev–Trinajstić information content (AvgIpc) is 3.48. The number of nitrogens with zero attached hydrogens (tertiary/aromatic N) is 5. The Morgan fingerprint density at radius 1 is 1.11 bits per heavy atom. The second-order valence-electron chi connectivity index (χ2n) is 5.94. The summed E-state index contributed by atoms with van der Waals surface area (Å²) in [5.74, 6) is -0.106. The van der Waals surface area contributed by atoms with Gasteiger partial charge in [-0.15, -0.1) is 0 Å². The lowest BCUT2D eigenvalue weighted by Crippen LogP contribution is -2.29. The van der Waals surface area contributed by atoms with Crippen molar-refractivity contribution >= 4 is 22.8 Å². The second kappa shape index (κ2) is 8.78. The number of hydrogen-bond donors (Lipinski definition) is 2. The minimum Gasteiger partial charge on any atom is -0.395 e. The van der Waals surface area contributed by atoms with Crippen LogP contribution in [-0.2, 0) is 0 Å². The number of benzene rings is 1. The molecule has 0 saturated carbocycles. The Kier molecular flexibility index (Phi) is 5.97. The molecule has 3 heterocycles. The topological polar surface area (TPSA) is 109 Å². The quantitative estimate of drug-likeness (QED) is 0.564. The van der Waals surface area contributed by atoms with Gasteiger partial charge in [0.05, 0.1) is 6.61 Å². The molecule has 0 aliphatic heterocycles. The Morgan fingerprint density at radius 2 is 1.75 bits per heavy atom. The van der Waals surface area contributed by atoms with Crippen molar-refractivity contribution in [1.29, 1.82) is 0 Å². The molecule has 2 N–H and O–H groups in total. The maximum absolute atomic E-state index is 11.9. The summed E-state index contributed by atoms with van der Waals surface area (Å²) in [6, 6.07) is 9.37. The van der Waals surface area contributed by atoms with E-state index < -0.39 is 0 Å². The van der Waals surface area contributed by atoms with E-state index in [9.17, 15) is 9.59 Å². The van der Waals surface area contributed by atoms with Crippen molar-refractivity contribution in [3.8, 4) is 0 Å². The summed E-state index contributed by atoms with van der Waals surface area (Å²) in [6.45, 7) is 0.316. The number of amides is 1. The molecule has 4 aromatic rings. The van der Waals surface area contributed by atoms with Gasteiger partial charge in [-0.05, 0) is 12.1 Å². The van der Waals surface area contributed by atoms with E-state index in [0.717, 1.165) is 10.9 Å². The Bertz CT molecular complexity index is 968. The van der Waals surface area contributed by atoms with E-state index in [-0.39, 0.29) is 18.5 Å². The second-order valence-corrected chi connectivity index (χ2v) is 5.94. The fraction of sp³-hybridized carbons (Fsp3) is 0.158. The number of aliphatic hydroxyl groups excluding tert-OH is 1. The first-order chi connectivity index (χ1) is 13.6. The predicted molar refractivity (Wildman–Crippen MR) is 103 cm³/mol. The number of aliphatic hydroxyl groups is 1. The number of imidazole rings is 2. The molecule has 144 valence electrons. The van der Waals surface area contributed by atoms with Gasteiger partial charge in [-0.1, -0.05) is 18.2 Å². The summed E-state index contributed by atoms with van der Waals surface area (Å²) in [4.78, 5) is 35.4. The number of rotatable bonds is 3. The minimum absolute atomic E-state index is 0.0253. The van der Waals surface area contributed by atoms with E-state index in [1.54, 1.807) is 31.8 Å². The number of fused-ring (bicyclic) bond motifs is 1. The molecule has 9 heteroatoms. The molecular weight excluding hydrogens is 360 g/mol. The average molecular weight is 380 g/mol. The summed E-state index contributed by atoms with van der Waals surface area (Å²) < 4.78 is 2.75. The van der Waals surface area contributed by atoms with Crippen molar-refractivity contribution in [3.63, 3.8) is 0 Å². The molecule has 0 spiro atoms. The Labute approximate surface area is 160 Å². The van der Waals surface area contributed by atoms with E-state index in [1.165, 1.54) is 26.7 Å². The number of aromatic amines is 1. The molecule has 9 nitrogen and oxygen atoms in total. The smallest absolute Gasteiger partial charge is 0.338 e. The molecule has 0 unspecified atom stereocenters. The maximum Gasteiger partial charge on any atom is 0.338 e. The van der Waals surface area contributed by atoms with Gasteiger partial charge in [-0.2, -0.15) is 0 Å². The van der Waals surface area contributed by atoms with Crippen LogP contribution in [0.5, 0.6) is 0 Å². The van der Waals surface area contributed by atoms with Gasteiger partial charge in [0, 0.05) is 49.3 Å². The van der Waals surface area contributed by atoms with Gasteiger partial charge in [-0.3, -0.25) is 13.9 Å². The van der Waals surface area contributed by atoms with Crippen LogP contribution >= 0.6 is 0 Å². The highest BCUT2D eigenvalue weighted by molar-refractivity contribution is 5.97. The highest BCUT2D eigenvalue weighted by atomic mass is 16.3. The number of aromatic nitrogens is 5. The van der Waals surface area contributed by atoms with Gasteiger partial charge in [0.25, 0.3) is 5.91 Å². The molecule has 28 heavy (non-hydrogen) atoms. The van der Waals surface area contributed by atoms with E-state index in [4.69, 9.17) is 5.11 Å². The SMILES string of the molecule is CN(CCO)C(=O)c1cc2ccccc2[nH]1.O=C(n1ccnc1)n1ccnc1. The summed E-state index contributed by atoms with van der Waals surface area (Å²) in [6.07, 6.45) is 9.17. The molecule has 0 fully saturated rings. The van der Waals surface area contributed by atoms with Gasteiger partial charge in [-0.25, -0.2) is 14.8 Å². The summed E-state index contributed by atoms with van der Waals surface area (Å²) in [5.41, 5.74) is 1.50. The molecule has 3 aromatic heterocycles. The van der Waals surface area contributed by atoms with Crippen LogP contribution in [0.4, 0.5) is 4.79 Å². The third-order valence-electron chi connectivity index (χ3n) is 3.99. The number of hydrogen-bond acceptors (Lipinski definition) is 5. The highest BCUT2D eigenvalue weighted by Crippen LogP contribution is 2.15. The lowest BCUT2D eigenvalue weighted by molar-refractivity contribution is 0.0762. The van der Waals surface area contributed by atoms with Crippen LogP contribution in [0.3, 0.4) is 0 Å². The van der Waals surface area contributed by atoms with Crippen LogP contribution < -0.4 is 0 Å². The third kappa shape index (κ3) is 4.33. The number of carbonyl (C=O) groups excluding carboxylic acids is 2. The maximum atomic E-state index is 11.9. The van der Waals surface area contributed by atoms with Gasteiger partial charge in [0.15, 0.2) is 0 Å². The van der Waals surface area contributed by atoms with Crippen molar-refractivity contribution < 1.29 is 14.7 Å². The van der Waals surface area contributed by atoms with Crippen LogP contribution in [0.2, 0.25) is 0 Å². The molecule has 1 aromatic carbocycles. The Morgan fingerprint density at radius 3 is 2.29 bits per heavy atom. The minimum atomic E-state index is -0.190. The zero-order chi connectivity index (χ0) is 19.9. The summed E-state index contributed by atoms with van der Waals surface area (Å²) >= 11 is 0. The number of nitrogens with one attached hydrogen (secondary N) is 1. The lowest BCUT2D eigenvalue weighted by Gasteiger charge is -2.13. The fourth-order valence-corrected chi connectivity index (χ4v) is 2.52. The predicted octanol–water partition coefficient (Wildman–Crippen LogP) is 1.83. The van der Waals surface area contributed by atoms with Crippen LogP contribution in [0.1, 0.15) is 10.5 Å². The van der Waals surface area contributed by atoms with Crippen molar-refractivity contribution in [3.05, 3.63) is 73.5 Å². The highest BCUT2D eigenvalue weighted by Gasteiger charge is 2.13. The van der Waals surface area contributed by atoms with Crippen molar-refractivity contribution in [1.82, 2.24) is 29.0 Å². The first-order valence-corrected chi connectivity index (χ1v) is 8.55. The van der Waals surface area contributed by atoms with Crippen LogP contribution in [-0.4, -0.2) is 66.2 Å². The van der Waals surface area contributed by atoms with Gasteiger partial charge in [0.1, 0.15) is 18.3 Å². The molecule has 0 aliphatic rings. The summed E-state index contributed by atoms with van der Waals surface area (Å²) in [5, 5.41) is 9.79. The summed E-state index contributed by atoms with van der Waals surface area (Å²) in [7, 11) is 1.67.